The van der Waals surface area contributed by atoms with Gasteiger partial charge in [0.25, 0.3) is 0 Å². The molecule has 1 atom stereocenters. The molecular formula is C15H19F3N2O2S. The van der Waals surface area contributed by atoms with Gasteiger partial charge in [0.05, 0.1) is 11.4 Å². The number of thioether (sulfide) groups is 1. The van der Waals surface area contributed by atoms with Gasteiger partial charge in [-0.2, -0.15) is 13.2 Å². The lowest BCUT2D eigenvalue weighted by Crippen LogP contribution is -2.33. The predicted octanol–water partition coefficient (Wildman–Crippen LogP) is 3.58. The lowest BCUT2D eigenvalue weighted by Gasteiger charge is -2.19. The van der Waals surface area contributed by atoms with Gasteiger partial charge in [-0.05, 0) is 30.9 Å². The zero-order valence-corrected chi connectivity index (χ0v) is 13.3. The molecule has 1 saturated heterocycles. The Hall–Kier alpha value is -1.41. The van der Waals surface area contributed by atoms with Crippen molar-refractivity contribution in [2.45, 2.75) is 23.9 Å². The molecule has 4 nitrogen and oxygen atoms in total. The number of alkyl halides is 3. The maximum atomic E-state index is 12.4. The Morgan fingerprint density at radius 1 is 1.39 bits per heavy atom. The smallest absolute Gasteiger partial charge is 0.396 e. The minimum Gasteiger partial charge on any atom is -0.396 e. The molecule has 0 spiro atoms. The number of amides is 2. The monoisotopic (exact) mass is 348 g/mol. The van der Waals surface area contributed by atoms with E-state index in [1.165, 1.54) is 0 Å². The predicted molar refractivity (Wildman–Crippen MR) is 83.6 cm³/mol. The summed E-state index contributed by atoms with van der Waals surface area (Å²) < 4.78 is 37.1. The van der Waals surface area contributed by atoms with E-state index >= 15 is 0 Å². The maximum absolute atomic E-state index is 12.4. The molecule has 23 heavy (non-hydrogen) atoms. The van der Waals surface area contributed by atoms with Gasteiger partial charge in [-0.25, -0.2) is 4.79 Å². The summed E-state index contributed by atoms with van der Waals surface area (Å²) in [5, 5.41) is 11.6. The van der Waals surface area contributed by atoms with Crippen LogP contribution in [0.3, 0.4) is 0 Å². The fourth-order valence-corrected chi connectivity index (χ4v) is 3.25. The number of carbonyl (C=O) groups is 1. The van der Waals surface area contributed by atoms with Crippen molar-refractivity contribution >= 4 is 23.5 Å². The Balaban J connectivity index is 1.96. The first kappa shape index (κ1) is 17.9. The van der Waals surface area contributed by atoms with E-state index in [-0.39, 0.29) is 18.6 Å². The SMILES string of the molecule is O=C(Nc1ccccc1SCC(F)(F)F)N1CCC(CCO)C1. The van der Waals surface area contributed by atoms with E-state index in [9.17, 15) is 18.0 Å². The van der Waals surface area contributed by atoms with Crippen LogP contribution in [0.2, 0.25) is 0 Å². The molecular weight excluding hydrogens is 329 g/mol. The number of likely N-dealkylation sites (tertiary alicyclic amines) is 1. The minimum atomic E-state index is -4.26. The van der Waals surface area contributed by atoms with Crippen molar-refractivity contribution in [3.8, 4) is 0 Å². The van der Waals surface area contributed by atoms with Crippen molar-refractivity contribution in [1.82, 2.24) is 4.90 Å². The molecule has 1 aliphatic rings. The number of hydrogen-bond donors (Lipinski definition) is 2. The van der Waals surface area contributed by atoms with Crippen LogP contribution in [0.1, 0.15) is 12.8 Å². The summed E-state index contributed by atoms with van der Waals surface area (Å²) in [5.74, 6) is -0.720. The summed E-state index contributed by atoms with van der Waals surface area (Å²) in [6, 6.07) is 6.15. The molecule has 8 heteroatoms. The van der Waals surface area contributed by atoms with Crippen LogP contribution in [-0.4, -0.2) is 47.7 Å². The van der Waals surface area contributed by atoms with Crippen LogP contribution in [0, 0.1) is 5.92 Å². The molecule has 2 rings (SSSR count). The molecule has 1 aliphatic heterocycles. The van der Waals surface area contributed by atoms with Crippen molar-refractivity contribution in [1.29, 1.82) is 0 Å². The lowest BCUT2D eigenvalue weighted by atomic mass is 10.1. The molecule has 1 heterocycles. The number of aliphatic hydroxyl groups excluding tert-OH is 1. The fourth-order valence-electron chi connectivity index (χ4n) is 2.48. The molecule has 1 fully saturated rings. The van der Waals surface area contributed by atoms with Crippen LogP contribution < -0.4 is 5.32 Å². The summed E-state index contributed by atoms with van der Waals surface area (Å²) >= 11 is 0.656. The third-order valence-corrected chi connectivity index (χ3v) is 4.77. The zero-order valence-electron chi connectivity index (χ0n) is 12.5. The fraction of sp³-hybridized carbons (Fsp3) is 0.533. The normalized spacial score (nSPS) is 18.3. The number of hydrogen-bond acceptors (Lipinski definition) is 3. The van der Waals surface area contributed by atoms with Gasteiger partial charge in [0, 0.05) is 24.6 Å². The molecule has 0 aliphatic carbocycles. The van der Waals surface area contributed by atoms with Gasteiger partial charge in [0.1, 0.15) is 0 Å². The third-order valence-electron chi connectivity index (χ3n) is 3.63. The summed E-state index contributed by atoms with van der Waals surface area (Å²) in [4.78, 5) is 14.3. The summed E-state index contributed by atoms with van der Waals surface area (Å²) in [6.07, 6.45) is -2.77. The van der Waals surface area contributed by atoms with Crippen LogP contribution in [0.15, 0.2) is 29.2 Å². The highest BCUT2D eigenvalue weighted by atomic mass is 32.2. The second-order valence-electron chi connectivity index (χ2n) is 5.44. The van der Waals surface area contributed by atoms with Crippen molar-refractivity contribution < 1.29 is 23.1 Å². The summed E-state index contributed by atoms with van der Waals surface area (Å²) in [7, 11) is 0. The van der Waals surface area contributed by atoms with E-state index in [0.717, 1.165) is 6.42 Å². The number of anilines is 1. The molecule has 1 aromatic carbocycles. The van der Waals surface area contributed by atoms with Gasteiger partial charge < -0.3 is 15.3 Å². The van der Waals surface area contributed by atoms with Gasteiger partial charge >= 0.3 is 12.2 Å². The van der Waals surface area contributed by atoms with Gasteiger partial charge in [0.15, 0.2) is 0 Å². The van der Waals surface area contributed by atoms with Crippen LogP contribution in [0.5, 0.6) is 0 Å². The molecule has 0 bridgehead atoms. The maximum Gasteiger partial charge on any atom is 0.398 e. The number of aliphatic hydroxyl groups is 1. The average Bonchev–Trinajstić information content (AvgIpc) is 2.95. The standard InChI is InChI=1S/C15H19F3N2O2S/c16-15(17,18)10-23-13-4-2-1-3-12(13)19-14(22)20-7-5-11(9-20)6-8-21/h1-4,11,21H,5-10H2,(H,19,22). The van der Waals surface area contributed by atoms with Gasteiger partial charge in [-0.3, -0.25) is 0 Å². The first-order chi connectivity index (χ1) is 10.9. The first-order valence-corrected chi connectivity index (χ1v) is 8.33. The molecule has 0 saturated carbocycles. The Morgan fingerprint density at radius 2 is 2.13 bits per heavy atom. The summed E-state index contributed by atoms with van der Waals surface area (Å²) in [6.45, 7) is 1.25. The van der Waals surface area contributed by atoms with E-state index in [1.807, 2.05) is 0 Å². The van der Waals surface area contributed by atoms with E-state index in [4.69, 9.17) is 5.11 Å². The van der Waals surface area contributed by atoms with E-state index in [0.29, 0.717) is 41.9 Å². The van der Waals surface area contributed by atoms with Gasteiger partial charge in [0.2, 0.25) is 0 Å². The van der Waals surface area contributed by atoms with Crippen molar-refractivity contribution in [2.24, 2.45) is 5.92 Å². The largest absolute Gasteiger partial charge is 0.398 e. The number of nitrogens with one attached hydrogen (secondary N) is 1. The number of para-hydroxylation sites is 1. The average molecular weight is 348 g/mol. The Morgan fingerprint density at radius 3 is 2.83 bits per heavy atom. The third kappa shape index (κ3) is 5.62. The zero-order chi connectivity index (χ0) is 16.9. The quantitative estimate of drug-likeness (QED) is 0.800. The first-order valence-electron chi connectivity index (χ1n) is 7.34. The number of benzene rings is 1. The summed E-state index contributed by atoms with van der Waals surface area (Å²) in [5.41, 5.74) is 0.386. The van der Waals surface area contributed by atoms with E-state index in [2.05, 4.69) is 5.32 Å². The Labute approximate surface area is 137 Å². The van der Waals surface area contributed by atoms with Crippen LogP contribution >= 0.6 is 11.8 Å². The molecule has 1 aromatic rings. The topological polar surface area (TPSA) is 52.6 Å². The van der Waals surface area contributed by atoms with E-state index < -0.39 is 11.9 Å². The number of urea groups is 1. The van der Waals surface area contributed by atoms with Gasteiger partial charge in [-0.15, -0.1) is 11.8 Å². The second kappa shape index (κ2) is 7.92. The number of halogens is 3. The molecule has 2 amide bonds. The van der Waals surface area contributed by atoms with E-state index in [1.54, 1.807) is 29.2 Å². The van der Waals surface area contributed by atoms with Gasteiger partial charge in [-0.1, -0.05) is 12.1 Å². The molecule has 0 aromatic heterocycles. The molecule has 2 N–H and O–H groups in total. The number of rotatable bonds is 5. The van der Waals surface area contributed by atoms with Crippen molar-refractivity contribution in [3.05, 3.63) is 24.3 Å². The van der Waals surface area contributed by atoms with Crippen LogP contribution in [0.25, 0.3) is 0 Å². The van der Waals surface area contributed by atoms with Crippen molar-refractivity contribution in [2.75, 3.05) is 30.8 Å². The highest BCUT2D eigenvalue weighted by molar-refractivity contribution is 7.99. The van der Waals surface area contributed by atoms with Crippen LogP contribution in [-0.2, 0) is 0 Å². The minimum absolute atomic E-state index is 0.0943. The lowest BCUT2D eigenvalue weighted by molar-refractivity contribution is -0.105. The number of nitrogens with zero attached hydrogens (tertiary/aromatic N) is 1. The van der Waals surface area contributed by atoms with Crippen LogP contribution in [0.4, 0.5) is 23.7 Å². The molecule has 128 valence electrons. The van der Waals surface area contributed by atoms with Crippen molar-refractivity contribution in [3.63, 3.8) is 0 Å². The number of carbonyl (C=O) groups excluding carboxylic acids is 1. The Bertz CT molecular complexity index is 540. The molecule has 0 radical (unpaired) electrons. The Kier molecular flexibility index (Phi) is 6.17. The molecule has 1 unspecified atom stereocenters. The second-order valence-corrected chi connectivity index (χ2v) is 6.46. The highest BCUT2D eigenvalue weighted by Gasteiger charge is 2.29. The highest BCUT2D eigenvalue weighted by Crippen LogP contribution is 2.32.